The van der Waals surface area contributed by atoms with Crippen molar-refractivity contribution in [1.29, 1.82) is 0 Å². The molecule has 1 aromatic heterocycles. The van der Waals surface area contributed by atoms with Gasteiger partial charge in [0.25, 0.3) is 5.91 Å². The van der Waals surface area contributed by atoms with E-state index >= 15 is 0 Å². The van der Waals surface area contributed by atoms with E-state index in [0.717, 1.165) is 15.8 Å². The Morgan fingerprint density at radius 2 is 1.72 bits per heavy atom. The molecule has 0 saturated heterocycles. The van der Waals surface area contributed by atoms with E-state index in [1.165, 1.54) is 14.2 Å². The van der Waals surface area contributed by atoms with Crippen LogP contribution < -0.4 is 19.7 Å². The van der Waals surface area contributed by atoms with Crippen molar-refractivity contribution < 1.29 is 33.0 Å². The molecule has 0 spiro atoms. The summed E-state index contributed by atoms with van der Waals surface area (Å²) in [5.41, 5.74) is 2.23. The number of anilines is 1. The standard InChI is InChI=1S/C29H27ClN2O7/c1-4-38-29(35)32(27(33)15-19-7-11-23(36-2)16-25(19)37-3)22-9-5-18(6-10-22)17-31-28(34)26-14-20-13-21(30)8-12-24(20)39-26/h5-14,16H,4,15,17H2,1-3H3,(H,31,34). The monoisotopic (exact) mass is 550 g/mol. The van der Waals surface area contributed by atoms with Gasteiger partial charge in [-0.05, 0) is 55.0 Å². The average Bonchev–Trinajstić information content (AvgIpc) is 3.36. The van der Waals surface area contributed by atoms with E-state index < -0.39 is 12.0 Å². The highest BCUT2D eigenvalue weighted by Crippen LogP contribution is 2.27. The molecule has 0 unspecified atom stereocenters. The molecule has 10 heteroatoms. The summed E-state index contributed by atoms with van der Waals surface area (Å²) in [6.45, 7) is 1.97. The Hall–Kier alpha value is -4.50. The van der Waals surface area contributed by atoms with Gasteiger partial charge in [-0.25, -0.2) is 9.69 Å². The molecule has 0 bridgehead atoms. The lowest BCUT2D eigenvalue weighted by Gasteiger charge is -2.21. The van der Waals surface area contributed by atoms with Gasteiger partial charge in [0.2, 0.25) is 5.91 Å². The Bertz CT molecular complexity index is 1500. The normalized spacial score (nSPS) is 10.7. The van der Waals surface area contributed by atoms with Gasteiger partial charge in [-0.3, -0.25) is 9.59 Å². The van der Waals surface area contributed by atoms with Gasteiger partial charge in [-0.15, -0.1) is 0 Å². The first-order chi connectivity index (χ1) is 18.8. The number of imide groups is 1. The summed E-state index contributed by atoms with van der Waals surface area (Å²) in [6, 6.07) is 18.5. The number of hydrogen-bond acceptors (Lipinski definition) is 7. The van der Waals surface area contributed by atoms with Crippen LogP contribution in [0.4, 0.5) is 10.5 Å². The maximum absolute atomic E-state index is 13.3. The summed E-state index contributed by atoms with van der Waals surface area (Å²) in [7, 11) is 3.03. The number of ether oxygens (including phenoxy) is 3. The van der Waals surface area contributed by atoms with E-state index in [2.05, 4.69) is 5.32 Å². The SMILES string of the molecule is CCOC(=O)N(C(=O)Cc1ccc(OC)cc1OC)c1ccc(CNC(=O)c2cc3cc(Cl)ccc3o2)cc1. The lowest BCUT2D eigenvalue weighted by Crippen LogP contribution is -2.38. The van der Waals surface area contributed by atoms with Crippen molar-refractivity contribution >= 4 is 46.2 Å². The van der Waals surface area contributed by atoms with E-state index in [0.29, 0.717) is 33.4 Å². The third kappa shape index (κ3) is 6.50. The molecule has 3 amide bonds. The highest BCUT2D eigenvalue weighted by Gasteiger charge is 2.26. The summed E-state index contributed by atoms with van der Waals surface area (Å²) < 4.78 is 21.3. The van der Waals surface area contributed by atoms with Gasteiger partial charge in [0.05, 0.1) is 32.9 Å². The summed E-state index contributed by atoms with van der Waals surface area (Å²) in [6.07, 6.45) is -0.895. The van der Waals surface area contributed by atoms with Crippen LogP contribution in [-0.2, 0) is 22.5 Å². The quantitative estimate of drug-likeness (QED) is 0.282. The molecule has 0 radical (unpaired) electrons. The molecular formula is C29H27ClN2O7. The Morgan fingerprint density at radius 1 is 0.949 bits per heavy atom. The first-order valence-electron chi connectivity index (χ1n) is 12.1. The lowest BCUT2D eigenvalue weighted by atomic mass is 10.1. The van der Waals surface area contributed by atoms with Crippen LogP contribution in [0.5, 0.6) is 11.5 Å². The zero-order valence-electron chi connectivity index (χ0n) is 21.7. The number of carbonyl (C=O) groups is 3. The number of carbonyl (C=O) groups excluding carboxylic acids is 3. The Morgan fingerprint density at radius 3 is 2.41 bits per heavy atom. The van der Waals surface area contributed by atoms with Crippen molar-refractivity contribution in [2.24, 2.45) is 0 Å². The summed E-state index contributed by atoms with van der Waals surface area (Å²) >= 11 is 6.00. The second-order valence-corrected chi connectivity index (χ2v) is 8.86. The molecule has 4 aromatic rings. The maximum atomic E-state index is 13.3. The number of halogens is 1. The zero-order chi connectivity index (χ0) is 27.9. The fourth-order valence-electron chi connectivity index (χ4n) is 3.94. The molecular weight excluding hydrogens is 524 g/mol. The van der Waals surface area contributed by atoms with Gasteiger partial charge in [-0.2, -0.15) is 0 Å². The van der Waals surface area contributed by atoms with Crippen LogP contribution in [0.15, 0.2) is 71.1 Å². The Labute approximate surface area is 230 Å². The topological polar surface area (TPSA) is 107 Å². The van der Waals surface area contributed by atoms with Crippen molar-refractivity contribution in [3.63, 3.8) is 0 Å². The van der Waals surface area contributed by atoms with E-state index in [-0.39, 0.29) is 31.2 Å². The molecule has 0 aliphatic heterocycles. The van der Waals surface area contributed by atoms with Crippen molar-refractivity contribution in [2.75, 3.05) is 25.7 Å². The molecule has 0 fully saturated rings. The van der Waals surface area contributed by atoms with Gasteiger partial charge in [-0.1, -0.05) is 29.8 Å². The van der Waals surface area contributed by atoms with Crippen LogP contribution in [0.25, 0.3) is 11.0 Å². The smallest absolute Gasteiger partial charge is 0.421 e. The fourth-order valence-corrected chi connectivity index (χ4v) is 4.12. The highest BCUT2D eigenvalue weighted by molar-refractivity contribution is 6.31. The number of furan rings is 1. The van der Waals surface area contributed by atoms with Crippen molar-refractivity contribution in [2.45, 2.75) is 19.9 Å². The molecule has 0 aliphatic carbocycles. The molecule has 202 valence electrons. The van der Waals surface area contributed by atoms with Gasteiger partial charge >= 0.3 is 6.09 Å². The van der Waals surface area contributed by atoms with Gasteiger partial charge in [0, 0.05) is 28.6 Å². The van der Waals surface area contributed by atoms with Gasteiger partial charge in [0.1, 0.15) is 17.1 Å². The first kappa shape index (κ1) is 27.5. The van der Waals surface area contributed by atoms with Crippen LogP contribution in [0.3, 0.4) is 0 Å². The molecule has 0 saturated carbocycles. The minimum absolute atomic E-state index is 0.104. The zero-order valence-corrected chi connectivity index (χ0v) is 22.4. The van der Waals surface area contributed by atoms with Crippen LogP contribution in [-0.4, -0.2) is 38.7 Å². The number of benzene rings is 3. The summed E-state index contributed by atoms with van der Waals surface area (Å²) in [5.74, 6) is 0.325. The minimum Gasteiger partial charge on any atom is -0.497 e. The van der Waals surface area contributed by atoms with Crippen LogP contribution in [0.1, 0.15) is 28.6 Å². The number of nitrogens with zero attached hydrogens (tertiary/aromatic N) is 1. The predicted molar refractivity (Wildman–Crippen MR) is 147 cm³/mol. The van der Waals surface area contributed by atoms with Gasteiger partial charge in [0.15, 0.2) is 5.76 Å². The van der Waals surface area contributed by atoms with Crippen LogP contribution >= 0.6 is 11.6 Å². The second kappa shape index (κ2) is 12.4. The fraction of sp³-hybridized carbons (Fsp3) is 0.207. The predicted octanol–water partition coefficient (Wildman–Crippen LogP) is 5.77. The number of amides is 3. The minimum atomic E-state index is -0.791. The number of fused-ring (bicyclic) bond motifs is 1. The van der Waals surface area contributed by atoms with Crippen LogP contribution in [0, 0.1) is 0 Å². The molecule has 0 aliphatic rings. The molecule has 39 heavy (non-hydrogen) atoms. The highest BCUT2D eigenvalue weighted by atomic mass is 35.5. The van der Waals surface area contributed by atoms with Gasteiger partial charge < -0.3 is 23.9 Å². The average molecular weight is 551 g/mol. The Kier molecular flexibility index (Phi) is 8.73. The maximum Gasteiger partial charge on any atom is 0.421 e. The first-order valence-corrected chi connectivity index (χ1v) is 12.5. The largest absolute Gasteiger partial charge is 0.497 e. The molecule has 0 atom stereocenters. The molecule has 3 aromatic carbocycles. The molecule has 1 N–H and O–H groups in total. The van der Waals surface area contributed by atoms with E-state index in [1.54, 1.807) is 73.7 Å². The molecule has 9 nitrogen and oxygen atoms in total. The number of hydrogen-bond donors (Lipinski definition) is 1. The lowest BCUT2D eigenvalue weighted by molar-refractivity contribution is -0.117. The number of methoxy groups -OCH3 is 2. The third-order valence-electron chi connectivity index (χ3n) is 5.89. The summed E-state index contributed by atoms with van der Waals surface area (Å²) in [4.78, 5) is 39.6. The van der Waals surface area contributed by atoms with Crippen molar-refractivity contribution in [1.82, 2.24) is 5.32 Å². The van der Waals surface area contributed by atoms with E-state index in [1.807, 2.05) is 0 Å². The Balaban J connectivity index is 1.47. The van der Waals surface area contributed by atoms with Crippen molar-refractivity contribution in [3.05, 3.63) is 88.6 Å². The van der Waals surface area contributed by atoms with Crippen LogP contribution in [0.2, 0.25) is 5.02 Å². The van der Waals surface area contributed by atoms with Crippen molar-refractivity contribution in [3.8, 4) is 11.5 Å². The number of nitrogens with one attached hydrogen (secondary N) is 1. The second-order valence-electron chi connectivity index (χ2n) is 8.42. The van der Waals surface area contributed by atoms with E-state index in [4.69, 9.17) is 30.2 Å². The number of rotatable bonds is 9. The van der Waals surface area contributed by atoms with E-state index in [9.17, 15) is 14.4 Å². The molecule has 4 rings (SSSR count). The summed E-state index contributed by atoms with van der Waals surface area (Å²) in [5, 5.41) is 4.08. The molecule has 1 heterocycles. The third-order valence-corrected chi connectivity index (χ3v) is 6.12.